The van der Waals surface area contributed by atoms with Crippen LogP contribution in [-0.2, 0) is 33.3 Å². The van der Waals surface area contributed by atoms with E-state index in [9.17, 15) is 19.5 Å². The summed E-state index contributed by atoms with van der Waals surface area (Å²) >= 11 is 0. The Morgan fingerprint density at radius 2 is 0.740 bits per heavy atom. The monoisotopic (exact) mass is 1080 g/mol. The van der Waals surface area contributed by atoms with Crippen LogP contribution < -0.4 is 0 Å². The highest BCUT2D eigenvalue weighted by molar-refractivity contribution is 5.71. The number of quaternary nitrogens is 1. The maximum absolute atomic E-state index is 12.9. The SMILES string of the molecule is CC/C=C\C/C=C\C/C=C\C/C=C\CCCCCCCCC(=O)OC(COC(=O)CCCCCCCCCCCCCCCCCCCCCCC/C=C\C/C=C\CCCCCCC)COC(OCC[N+](C)(C)C)C(=O)O. The van der Waals surface area contributed by atoms with E-state index in [0.717, 1.165) is 89.9 Å². The molecular formula is C68H122NO8+. The number of hydrogen-bond acceptors (Lipinski definition) is 7. The summed E-state index contributed by atoms with van der Waals surface area (Å²) in [6.07, 6.45) is 74.3. The van der Waals surface area contributed by atoms with Crippen LogP contribution in [-0.4, -0.2) is 87.4 Å². The lowest BCUT2D eigenvalue weighted by atomic mass is 10.0. The highest BCUT2D eigenvalue weighted by Crippen LogP contribution is 2.17. The van der Waals surface area contributed by atoms with Crippen LogP contribution in [0.15, 0.2) is 72.9 Å². The zero-order valence-electron chi connectivity index (χ0n) is 50.9. The van der Waals surface area contributed by atoms with Crippen LogP contribution >= 0.6 is 0 Å². The molecule has 9 nitrogen and oxygen atoms in total. The number of carboxylic acids is 1. The van der Waals surface area contributed by atoms with Crippen LogP contribution in [0.2, 0.25) is 0 Å². The molecular weight excluding hydrogens is 959 g/mol. The molecule has 0 spiro atoms. The van der Waals surface area contributed by atoms with Gasteiger partial charge >= 0.3 is 17.9 Å². The number of ether oxygens (including phenoxy) is 4. The van der Waals surface area contributed by atoms with E-state index >= 15 is 0 Å². The van der Waals surface area contributed by atoms with Gasteiger partial charge in [0.05, 0.1) is 34.4 Å². The topological polar surface area (TPSA) is 108 Å². The van der Waals surface area contributed by atoms with Gasteiger partial charge in [-0.2, -0.15) is 0 Å². The van der Waals surface area contributed by atoms with Crippen molar-refractivity contribution in [3.05, 3.63) is 72.9 Å². The number of nitrogens with zero attached hydrogens (tertiary/aromatic N) is 1. The number of likely N-dealkylation sites (N-methyl/N-ethyl adjacent to an activating group) is 1. The van der Waals surface area contributed by atoms with Crippen LogP contribution in [0.4, 0.5) is 0 Å². The molecule has 0 bridgehead atoms. The molecule has 0 saturated carbocycles. The van der Waals surface area contributed by atoms with Crippen molar-refractivity contribution in [3.63, 3.8) is 0 Å². The highest BCUT2D eigenvalue weighted by Gasteiger charge is 2.25. The summed E-state index contributed by atoms with van der Waals surface area (Å²) < 4.78 is 22.9. The molecule has 0 saturated heterocycles. The Bertz CT molecular complexity index is 1490. The summed E-state index contributed by atoms with van der Waals surface area (Å²) in [4.78, 5) is 37.5. The fourth-order valence-electron chi connectivity index (χ4n) is 9.04. The van der Waals surface area contributed by atoms with Crippen molar-refractivity contribution < 1.29 is 42.9 Å². The van der Waals surface area contributed by atoms with Gasteiger partial charge in [-0.25, -0.2) is 4.79 Å². The van der Waals surface area contributed by atoms with E-state index in [0.29, 0.717) is 23.9 Å². The fourth-order valence-corrected chi connectivity index (χ4v) is 9.04. The summed E-state index contributed by atoms with van der Waals surface area (Å²) in [5.41, 5.74) is 0. The van der Waals surface area contributed by atoms with Crippen molar-refractivity contribution >= 4 is 17.9 Å². The summed E-state index contributed by atoms with van der Waals surface area (Å²) in [5.74, 6) is -2.02. The number of rotatable bonds is 59. The highest BCUT2D eigenvalue weighted by atomic mass is 16.7. The first-order valence-corrected chi connectivity index (χ1v) is 32.1. The van der Waals surface area contributed by atoms with E-state index < -0.39 is 24.3 Å². The second kappa shape index (κ2) is 58.9. The lowest BCUT2D eigenvalue weighted by molar-refractivity contribution is -0.870. The Hall–Kier alpha value is -3.27. The molecule has 0 aromatic carbocycles. The minimum atomic E-state index is -1.52. The van der Waals surface area contributed by atoms with Crippen molar-refractivity contribution in [1.82, 2.24) is 0 Å². The first kappa shape index (κ1) is 73.7. The van der Waals surface area contributed by atoms with Crippen LogP contribution in [0.1, 0.15) is 284 Å². The van der Waals surface area contributed by atoms with Gasteiger partial charge in [0.1, 0.15) is 13.2 Å². The molecule has 0 fully saturated rings. The Morgan fingerprint density at radius 3 is 1.10 bits per heavy atom. The van der Waals surface area contributed by atoms with E-state index in [1.54, 1.807) is 0 Å². The smallest absolute Gasteiger partial charge is 0.361 e. The molecule has 0 rings (SSSR count). The fraction of sp³-hybridized carbons (Fsp3) is 0.779. The van der Waals surface area contributed by atoms with Gasteiger partial charge in [0, 0.05) is 12.8 Å². The molecule has 0 aliphatic carbocycles. The average molecular weight is 1080 g/mol. The molecule has 9 heteroatoms. The third kappa shape index (κ3) is 60.2. The first-order chi connectivity index (χ1) is 37.6. The second-order valence-corrected chi connectivity index (χ2v) is 22.7. The minimum Gasteiger partial charge on any atom is -0.477 e. The van der Waals surface area contributed by atoms with Crippen LogP contribution in [0.25, 0.3) is 0 Å². The maximum atomic E-state index is 12.9. The maximum Gasteiger partial charge on any atom is 0.361 e. The lowest BCUT2D eigenvalue weighted by Gasteiger charge is -2.25. The molecule has 0 amide bonds. The van der Waals surface area contributed by atoms with Crippen molar-refractivity contribution in [2.45, 2.75) is 296 Å². The molecule has 77 heavy (non-hydrogen) atoms. The normalized spacial score (nSPS) is 13.2. The number of unbranched alkanes of at least 4 members (excludes halogenated alkanes) is 32. The molecule has 0 aliphatic heterocycles. The number of hydrogen-bond donors (Lipinski definition) is 1. The first-order valence-electron chi connectivity index (χ1n) is 32.1. The summed E-state index contributed by atoms with van der Waals surface area (Å²) in [6, 6.07) is 0. The molecule has 2 atom stereocenters. The van der Waals surface area contributed by atoms with Gasteiger partial charge < -0.3 is 28.5 Å². The van der Waals surface area contributed by atoms with Crippen molar-refractivity contribution in [3.8, 4) is 0 Å². The molecule has 0 radical (unpaired) electrons. The number of allylic oxidation sites excluding steroid dienone is 12. The largest absolute Gasteiger partial charge is 0.477 e. The minimum absolute atomic E-state index is 0.183. The molecule has 0 aromatic heterocycles. The van der Waals surface area contributed by atoms with Gasteiger partial charge in [-0.15, -0.1) is 0 Å². The van der Waals surface area contributed by atoms with Gasteiger partial charge in [-0.1, -0.05) is 260 Å². The molecule has 0 aromatic rings. The van der Waals surface area contributed by atoms with E-state index in [1.807, 2.05) is 21.1 Å². The summed E-state index contributed by atoms with van der Waals surface area (Å²) in [5, 5.41) is 9.72. The van der Waals surface area contributed by atoms with Crippen LogP contribution in [0, 0.1) is 0 Å². The zero-order valence-corrected chi connectivity index (χ0v) is 50.9. The van der Waals surface area contributed by atoms with Gasteiger partial charge in [0.25, 0.3) is 6.29 Å². The third-order valence-electron chi connectivity index (χ3n) is 13.9. The van der Waals surface area contributed by atoms with E-state index in [4.69, 9.17) is 18.9 Å². The Labute approximate surface area is 475 Å². The number of carboxylic acid groups (broad SMARTS) is 1. The predicted molar refractivity (Wildman–Crippen MR) is 327 cm³/mol. The van der Waals surface area contributed by atoms with Gasteiger partial charge in [-0.3, -0.25) is 9.59 Å². The number of carbonyl (C=O) groups excluding carboxylic acids is 2. The molecule has 446 valence electrons. The zero-order chi connectivity index (χ0) is 56.2. The van der Waals surface area contributed by atoms with E-state index in [2.05, 4.69) is 86.8 Å². The summed E-state index contributed by atoms with van der Waals surface area (Å²) in [6.45, 7) is 4.76. The Morgan fingerprint density at radius 1 is 0.403 bits per heavy atom. The number of carbonyl (C=O) groups is 3. The molecule has 0 heterocycles. The number of esters is 2. The standard InChI is InChI=1S/C68H121NO8/c1-6-8-10-12-14-16-18-20-22-24-26-27-28-29-30-31-32-33-34-35-36-37-38-39-41-42-44-46-48-50-52-54-56-58-65(70)75-62-64(63-76-68(67(72)73)74-61-60-69(3,4)5)77-66(71)59-57-55-53-51-49-47-45-43-40-25-23-21-19-17-15-13-11-9-7-2/h9,11,15,17-18,20-21,23-24,26,40,43,64,68H,6-8,10,12-14,16,19,22,25,27-39,41-42,44-63H2,1-5H3/p+1/b11-9-,17-15-,20-18-,23-21-,26-24-,43-40-. The molecule has 2 unspecified atom stereocenters. The Kier molecular flexibility index (Phi) is 56.4. The van der Waals surface area contributed by atoms with Gasteiger partial charge in [0.15, 0.2) is 6.10 Å². The predicted octanol–water partition coefficient (Wildman–Crippen LogP) is 19.4. The van der Waals surface area contributed by atoms with Gasteiger partial charge in [-0.05, 0) is 83.5 Å². The third-order valence-corrected chi connectivity index (χ3v) is 13.9. The molecule has 0 aliphatic rings. The van der Waals surface area contributed by atoms with Crippen molar-refractivity contribution in [1.29, 1.82) is 0 Å². The average Bonchev–Trinajstić information content (AvgIpc) is 3.40. The van der Waals surface area contributed by atoms with Crippen molar-refractivity contribution in [2.75, 3.05) is 47.5 Å². The quantitative estimate of drug-likeness (QED) is 0.0211. The van der Waals surface area contributed by atoms with Crippen LogP contribution in [0.3, 0.4) is 0 Å². The van der Waals surface area contributed by atoms with Gasteiger partial charge in [0.2, 0.25) is 0 Å². The van der Waals surface area contributed by atoms with Crippen LogP contribution in [0.5, 0.6) is 0 Å². The van der Waals surface area contributed by atoms with E-state index in [1.165, 1.54) is 161 Å². The van der Waals surface area contributed by atoms with Crippen molar-refractivity contribution in [2.24, 2.45) is 0 Å². The number of aliphatic carboxylic acids is 1. The van der Waals surface area contributed by atoms with E-state index in [-0.39, 0.29) is 32.2 Å². The molecule has 1 N–H and O–H groups in total. The Balaban J connectivity index is 4.09. The second-order valence-electron chi connectivity index (χ2n) is 22.7. The summed E-state index contributed by atoms with van der Waals surface area (Å²) in [7, 11) is 5.97. The lowest BCUT2D eigenvalue weighted by Crippen LogP contribution is -2.40.